The van der Waals surface area contributed by atoms with Crippen molar-refractivity contribution in [2.45, 2.75) is 55.7 Å². The maximum Gasteiger partial charge on any atom is 0.237 e. The Bertz CT molecular complexity index is 1320. The van der Waals surface area contributed by atoms with E-state index in [0.717, 1.165) is 6.07 Å². The molecule has 2 aliphatic rings. The van der Waals surface area contributed by atoms with E-state index in [9.17, 15) is 23.2 Å². The van der Waals surface area contributed by atoms with Gasteiger partial charge in [-0.15, -0.1) is 0 Å². The van der Waals surface area contributed by atoms with Gasteiger partial charge in [-0.2, -0.15) is 0 Å². The molecule has 2 amide bonds. The van der Waals surface area contributed by atoms with Crippen LogP contribution in [0.15, 0.2) is 30.3 Å². The van der Waals surface area contributed by atoms with E-state index in [1.807, 2.05) is 13.8 Å². The Labute approximate surface area is 234 Å². The van der Waals surface area contributed by atoms with Crippen molar-refractivity contribution in [3.63, 3.8) is 0 Å². The van der Waals surface area contributed by atoms with Gasteiger partial charge in [0.05, 0.1) is 21.7 Å². The molecule has 2 heterocycles. The lowest BCUT2D eigenvalue weighted by Crippen LogP contribution is -2.51. The molecule has 2 aromatic carbocycles. The number of Topliss-reactive ketones (excluding diaryl/α,β-unsaturated/α-hetero) is 1. The number of fused-ring (bicyclic) bond motifs is 2. The van der Waals surface area contributed by atoms with Crippen molar-refractivity contribution in [2.24, 2.45) is 0 Å². The van der Waals surface area contributed by atoms with Crippen molar-refractivity contribution in [3.05, 3.63) is 63.1 Å². The molecule has 0 aliphatic carbocycles. The number of benzene rings is 2. The summed E-state index contributed by atoms with van der Waals surface area (Å²) in [6.45, 7) is 2.92. The Morgan fingerprint density at radius 2 is 1.85 bits per heavy atom. The van der Waals surface area contributed by atoms with E-state index in [1.54, 1.807) is 0 Å². The molecule has 0 saturated carbocycles. The summed E-state index contributed by atoms with van der Waals surface area (Å²) < 4.78 is 34.8. The van der Waals surface area contributed by atoms with Gasteiger partial charge in [0.15, 0.2) is 5.78 Å². The number of hydrogen-bond donors (Lipinski definition) is 4. The molecule has 1 saturated heterocycles. The lowest BCUT2D eigenvalue weighted by Gasteiger charge is -2.38. The first-order valence-electron chi connectivity index (χ1n) is 12.3. The van der Waals surface area contributed by atoms with Gasteiger partial charge in [0.1, 0.15) is 23.7 Å². The highest BCUT2D eigenvalue weighted by Crippen LogP contribution is 2.56. The number of carbonyl (C=O) groups excluding carboxylic acids is 3. The van der Waals surface area contributed by atoms with Gasteiger partial charge in [-0.3, -0.25) is 14.4 Å². The molecule has 0 unspecified atom stereocenters. The quantitative estimate of drug-likeness (QED) is 0.359. The van der Waals surface area contributed by atoms with Crippen LogP contribution in [0.25, 0.3) is 0 Å². The van der Waals surface area contributed by atoms with Gasteiger partial charge in [0.2, 0.25) is 11.8 Å². The summed E-state index contributed by atoms with van der Waals surface area (Å²) in [5, 5.41) is 17.4. The van der Waals surface area contributed by atoms with E-state index in [2.05, 4.69) is 16.0 Å². The largest absolute Gasteiger partial charge is 0.389 e. The highest BCUT2D eigenvalue weighted by molar-refractivity contribution is 6.31. The smallest absolute Gasteiger partial charge is 0.237 e. The molecule has 39 heavy (non-hydrogen) atoms. The van der Waals surface area contributed by atoms with Gasteiger partial charge in [0, 0.05) is 37.7 Å². The molecular formula is C27H29Cl2F2N3O5. The predicted octanol–water partition coefficient (Wildman–Crippen LogP) is 3.47. The van der Waals surface area contributed by atoms with Crippen LogP contribution in [0.5, 0.6) is 0 Å². The summed E-state index contributed by atoms with van der Waals surface area (Å²) in [6, 6.07) is 4.58. The monoisotopic (exact) mass is 583 g/mol. The fourth-order valence-electron chi connectivity index (χ4n) is 5.62. The number of nitrogens with one attached hydrogen (secondary N) is 3. The van der Waals surface area contributed by atoms with Crippen molar-refractivity contribution in [2.75, 3.05) is 25.6 Å². The van der Waals surface area contributed by atoms with Crippen molar-refractivity contribution in [3.8, 4) is 0 Å². The van der Waals surface area contributed by atoms with Crippen LogP contribution in [0, 0.1) is 11.6 Å². The predicted molar refractivity (Wildman–Crippen MR) is 142 cm³/mol. The molecule has 210 valence electrons. The van der Waals surface area contributed by atoms with Crippen molar-refractivity contribution < 1.29 is 33.0 Å². The van der Waals surface area contributed by atoms with E-state index in [4.69, 9.17) is 33.0 Å². The minimum absolute atomic E-state index is 0.0540. The van der Waals surface area contributed by atoms with Crippen LogP contribution in [0.4, 0.5) is 14.5 Å². The normalized spacial score (nSPS) is 24.1. The molecule has 4 rings (SSSR count). The number of aliphatic hydroxyl groups is 1. The third kappa shape index (κ3) is 5.28. The van der Waals surface area contributed by atoms with Gasteiger partial charge >= 0.3 is 0 Å². The average molecular weight is 584 g/mol. The molecule has 4 N–H and O–H groups in total. The molecule has 8 nitrogen and oxygen atoms in total. The molecule has 0 aromatic heterocycles. The van der Waals surface area contributed by atoms with Crippen LogP contribution < -0.4 is 16.0 Å². The van der Waals surface area contributed by atoms with Crippen molar-refractivity contribution in [1.82, 2.24) is 10.6 Å². The van der Waals surface area contributed by atoms with Gasteiger partial charge < -0.3 is 25.8 Å². The fraction of sp³-hybridized carbons (Fsp3) is 0.444. The number of ether oxygens (including phenoxy) is 1. The Hall–Kier alpha value is -2.63. The summed E-state index contributed by atoms with van der Waals surface area (Å²) in [7, 11) is 1.52. The van der Waals surface area contributed by atoms with Crippen LogP contribution in [-0.2, 0) is 24.5 Å². The number of rotatable bonds is 9. The molecular weight excluding hydrogens is 555 g/mol. The SMILES string of the molecule is COC(C)(C)C[C@H]1N[C@@H](C(=O)NCCC(=O)CO)[C@H](c2ccc(F)c(Cl)c2)[C@@]12C(=O)Nc1cc(Cl)c(F)cc12. The summed E-state index contributed by atoms with van der Waals surface area (Å²) in [5.41, 5.74) is -1.38. The molecule has 1 spiro atoms. The van der Waals surface area contributed by atoms with Crippen LogP contribution in [0.2, 0.25) is 10.0 Å². The van der Waals surface area contributed by atoms with Gasteiger partial charge in [-0.1, -0.05) is 29.3 Å². The number of methoxy groups -OCH3 is 1. The first kappa shape index (κ1) is 29.4. The standard InChI is InChI=1S/C27H29Cl2F2N3O5/c1-26(2,39-3)11-21-27(15-9-19(31)17(29)10-20(15)33-25(27)38)22(13-4-5-18(30)16(28)8-13)23(34-21)24(37)32-7-6-14(36)12-35/h4-5,8-10,21-23,34-35H,6-7,11-12H2,1-3H3,(H,32,37)(H,33,38)/t21-,22+,23-,27+/m1/s1. The van der Waals surface area contributed by atoms with Crippen molar-refractivity contribution in [1.29, 1.82) is 0 Å². The van der Waals surface area contributed by atoms with Gasteiger partial charge in [-0.25, -0.2) is 8.78 Å². The number of carbonyl (C=O) groups is 3. The first-order valence-corrected chi connectivity index (χ1v) is 13.1. The van der Waals surface area contributed by atoms with Crippen molar-refractivity contribution >= 4 is 46.5 Å². The van der Waals surface area contributed by atoms with E-state index in [1.165, 1.54) is 31.4 Å². The minimum atomic E-state index is -1.55. The van der Waals surface area contributed by atoms with E-state index >= 15 is 0 Å². The molecule has 2 aromatic rings. The second-order valence-corrected chi connectivity index (χ2v) is 11.2. The number of halogens is 4. The zero-order valence-electron chi connectivity index (χ0n) is 21.5. The Balaban J connectivity index is 1.92. The number of amides is 2. The fourth-order valence-corrected chi connectivity index (χ4v) is 5.97. The Kier molecular flexibility index (Phi) is 8.35. The second-order valence-electron chi connectivity index (χ2n) is 10.4. The number of anilines is 1. The molecule has 0 radical (unpaired) electrons. The van der Waals surface area contributed by atoms with Crippen LogP contribution in [0.3, 0.4) is 0 Å². The van der Waals surface area contributed by atoms with E-state index in [0.29, 0.717) is 11.3 Å². The molecule has 4 atom stereocenters. The second kappa shape index (κ2) is 11.1. The lowest BCUT2D eigenvalue weighted by molar-refractivity contribution is -0.124. The zero-order chi connectivity index (χ0) is 28.7. The topological polar surface area (TPSA) is 117 Å². The Morgan fingerprint density at radius 3 is 2.49 bits per heavy atom. The highest BCUT2D eigenvalue weighted by atomic mass is 35.5. The minimum Gasteiger partial charge on any atom is -0.389 e. The molecule has 1 fully saturated rings. The molecule has 12 heteroatoms. The third-order valence-electron chi connectivity index (χ3n) is 7.60. The Morgan fingerprint density at radius 1 is 1.15 bits per heavy atom. The van der Waals surface area contributed by atoms with E-state index in [-0.39, 0.29) is 35.0 Å². The number of hydrogen-bond acceptors (Lipinski definition) is 6. The number of ketones is 1. The summed E-state index contributed by atoms with van der Waals surface area (Å²) in [6.07, 6.45) is 0.124. The van der Waals surface area contributed by atoms with Gasteiger partial charge in [0.25, 0.3) is 0 Å². The van der Waals surface area contributed by atoms with E-state index < -0.39 is 64.9 Å². The zero-order valence-corrected chi connectivity index (χ0v) is 23.1. The third-order valence-corrected chi connectivity index (χ3v) is 8.18. The van der Waals surface area contributed by atoms with Crippen LogP contribution in [0.1, 0.15) is 43.7 Å². The highest BCUT2D eigenvalue weighted by Gasteiger charge is 2.66. The number of aliphatic hydroxyl groups excluding tert-OH is 1. The lowest BCUT2D eigenvalue weighted by atomic mass is 9.63. The maximum atomic E-state index is 14.9. The summed E-state index contributed by atoms with van der Waals surface area (Å²) in [5.74, 6) is -3.91. The van der Waals surface area contributed by atoms with Crippen LogP contribution in [-0.4, -0.2) is 60.7 Å². The first-order chi connectivity index (χ1) is 18.3. The molecule has 2 aliphatic heterocycles. The summed E-state index contributed by atoms with van der Waals surface area (Å²) >= 11 is 12.2. The maximum absolute atomic E-state index is 14.9. The average Bonchev–Trinajstić information content (AvgIpc) is 3.36. The summed E-state index contributed by atoms with van der Waals surface area (Å²) in [4.78, 5) is 39.2. The van der Waals surface area contributed by atoms with Gasteiger partial charge in [-0.05, 0) is 55.7 Å². The molecule has 0 bridgehead atoms. The van der Waals surface area contributed by atoms with Crippen LogP contribution >= 0.6 is 23.2 Å².